The smallest absolute Gasteiger partial charge is 0.151 e. The third-order valence-electron chi connectivity index (χ3n) is 4.21. The van der Waals surface area contributed by atoms with Crippen LogP contribution in [0.15, 0.2) is 53.7 Å². The highest BCUT2D eigenvalue weighted by Gasteiger charge is 2.11. The van der Waals surface area contributed by atoms with E-state index >= 15 is 0 Å². The van der Waals surface area contributed by atoms with E-state index in [1.807, 2.05) is 18.2 Å². The highest BCUT2D eigenvalue weighted by atomic mass is 16.6. The fraction of sp³-hybridized carbons (Fsp3) is 0.381. The Hall–Kier alpha value is -2.53. The first-order valence-corrected chi connectivity index (χ1v) is 9.07. The predicted molar refractivity (Wildman–Crippen MR) is 103 cm³/mol. The zero-order valence-electron chi connectivity index (χ0n) is 15.2. The van der Waals surface area contributed by atoms with Gasteiger partial charge in [0.2, 0.25) is 0 Å². The molecule has 0 N–H and O–H groups in total. The molecule has 0 unspecified atom stereocenters. The highest BCUT2D eigenvalue weighted by molar-refractivity contribution is 6.00. The Bertz CT molecular complexity index is 680. The average molecular weight is 353 g/mol. The fourth-order valence-corrected chi connectivity index (χ4v) is 2.79. The molecule has 5 heteroatoms. The van der Waals surface area contributed by atoms with Crippen molar-refractivity contribution in [2.24, 2.45) is 5.16 Å². The van der Waals surface area contributed by atoms with Gasteiger partial charge in [-0.1, -0.05) is 36.3 Å². The van der Waals surface area contributed by atoms with Crippen LogP contribution in [0.4, 0.5) is 5.69 Å². The molecular formula is C21H25N2O3. The molecular weight excluding hydrogens is 328 g/mol. The van der Waals surface area contributed by atoms with Gasteiger partial charge in [0.1, 0.15) is 12.4 Å². The second-order valence-corrected chi connectivity index (χ2v) is 5.96. The van der Waals surface area contributed by atoms with Gasteiger partial charge in [0.15, 0.2) is 6.61 Å². The number of oxime groups is 1. The van der Waals surface area contributed by atoms with Gasteiger partial charge in [-0.3, -0.25) is 0 Å². The van der Waals surface area contributed by atoms with Crippen LogP contribution in [-0.2, 0) is 9.57 Å². The van der Waals surface area contributed by atoms with Gasteiger partial charge in [0.25, 0.3) is 0 Å². The molecule has 1 radical (unpaired) electrons. The summed E-state index contributed by atoms with van der Waals surface area (Å²) in [4.78, 5) is 7.77. The summed E-state index contributed by atoms with van der Waals surface area (Å²) in [7, 11) is 0. The van der Waals surface area contributed by atoms with Crippen molar-refractivity contribution >= 4 is 11.4 Å². The molecule has 0 bridgehead atoms. The topological polar surface area (TPSA) is 43.3 Å². The number of benzene rings is 2. The lowest BCUT2D eigenvalue weighted by molar-refractivity contribution is 0.107. The van der Waals surface area contributed by atoms with E-state index < -0.39 is 0 Å². The average Bonchev–Trinajstić information content (AvgIpc) is 2.72. The quantitative estimate of drug-likeness (QED) is 0.414. The van der Waals surface area contributed by atoms with Gasteiger partial charge in [0, 0.05) is 18.8 Å². The largest absolute Gasteiger partial charge is 0.490 e. The molecule has 0 spiro atoms. The van der Waals surface area contributed by atoms with Gasteiger partial charge in [-0.25, -0.2) is 0 Å². The Labute approximate surface area is 155 Å². The maximum absolute atomic E-state index is 5.57. The van der Waals surface area contributed by atoms with Crippen LogP contribution in [0.25, 0.3) is 0 Å². The van der Waals surface area contributed by atoms with E-state index in [0.717, 1.165) is 49.7 Å². The Balaban J connectivity index is 1.50. The van der Waals surface area contributed by atoms with Crippen molar-refractivity contribution in [3.63, 3.8) is 0 Å². The molecule has 2 aromatic carbocycles. The molecule has 3 rings (SSSR count). The van der Waals surface area contributed by atoms with Gasteiger partial charge in [-0.2, -0.15) is 0 Å². The first-order valence-electron chi connectivity index (χ1n) is 9.07. The molecule has 0 amide bonds. The Morgan fingerprint density at radius 3 is 2.65 bits per heavy atom. The Kier molecular flexibility index (Phi) is 6.90. The second-order valence-electron chi connectivity index (χ2n) is 5.96. The number of hydrogen-bond donors (Lipinski definition) is 0. The lowest BCUT2D eigenvalue weighted by Gasteiger charge is -2.28. The molecule has 26 heavy (non-hydrogen) atoms. The van der Waals surface area contributed by atoms with Crippen LogP contribution in [0.3, 0.4) is 0 Å². The van der Waals surface area contributed by atoms with Crippen LogP contribution in [0.5, 0.6) is 5.75 Å². The van der Waals surface area contributed by atoms with Gasteiger partial charge >= 0.3 is 0 Å². The summed E-state index contributed by atoms with van der Waals surface area (Å²) in [6.07, 6.45) is 0.811. The van der Waals surface area contributed by atoms with Crippen molar-refractivity contribution in [1.29, 1.82) is 0 Å². The summed E-state index contributed by atoms with van der Waals surface area (Å²) in [6.45, 7) is 6.40. The first-order chi connectivity index (χ1) is 12.9. The summed E-state index contributed by atoms with van der Waals surface area (Å²) in [5.74, 6) is 0.787. The normalized spacial score (nSPS) is 15.0. The zero-order chi connectivity index (χ0) is 18.0. The van der Waals surface area contributed by atoms with Crippen molar-refractivity contribution in [1.82, 2.24) is 0 Å². The first kappa shape index (κ1) is 18.3. The minimum Gasteiger partial charge on any atom is -0.490 e. The molecule has 1 aliphatic rings. The zero-order valence-corrected chi connectivity index (χ0v) is 15.2. The molecule has 0 aromatic heterocycles. The summed E-state index contributed by atoms with van der Waals surface area (Å²) in [6, 6.07) is 18.9. The maximum Gasteiger partial charge on any atom is 0.151 e. The molecule has 0 aliphatic carbocycles. The lowest BCUT2D eigenvalue weighted by atomic mass is 10.1. The highest BCUT2D eigenvalue weighted by Crippen LogP contribution is 2.18. The monoisotopic (exact) mass is 353 g/mol. The van der Waals surface area contributed by atoms with Gasteiger partial charge in [0.05, 0.1) is 18.9 Å². The van der Waals surface area contributed by atoms with Crippen molar-refractivity contribution in [3.05, 3.63) is 60.2 Å². The molecule has 1 saturated heterocycles. The van der Waals surface area contributed by atoms with Crippen molar-refractivity contribution in [2.45, 2.75) is 13.3 Å². The molecule has 0 saturated carbocycles. The van der Waals surface area contributed by atoms with E-state index in [4.69, 9.17) is 14.3 Å². The van der Waals surface area contributed by atoms with Crippen molar-refractivity contribution < 1.29 is 14.3 Å². The van der Waals surface area contributed by atoms with Gasteiger partial charge in [-0.15, -0.1) is 0 Å². The molecule has 1 heterocycles. The number of morpholine rings is 1. The Morgan fingerprint density at radius 1 is 1.15 bits per heavy atom. The predicted octanol–water partition coefficient (Wildman–Crippen LogP) is 3.53. The SMILES string of the molecule is CCC(=NOCCOc1c[c]ccc1)c1ccc(N2CCOCC2)cc1. The van der Waals surface area contributed by atoms with Crippen LogP contribution in [0, 0.1) is 6.07 Å². The standard InChI is InChI=1S/C21H25N2O3/c1-2-21(22-26-17-16-25-20-6-4-3-5-7-20)18-8-10-19(11-9-18)23-12-14-24-15-13-23/h3-4,6-11H,2,12-17H2,1H3. The van der Waals surface area contributed by atoms with E-state index in [0.29, 0.717) is 13.2 Å². The Morgan fingerprint density at radius 2 is 1.96 bits per heavy atom. The summed E-state index contributed by atoms with van der Waals surface area (Å²) in [5, 5.41) is 4.28. The van der Waals surface area contributed by atoms with Gasteiger partial charge < -0.3 is 19.2 Å². The van der Waals surface area contributed by atoms with E-state index in [-0.39, 0.29) is 0 Å². The summed E-state index contributed by atoms with van der Waals surface area (Å²) in [5.41, 5.74) is 3.25. The van der Waals surface area contributed by atoms with Crippen molar-refractivity contribution in [3.8, 4) is 5.75 Å². The minimum absolute atomic E-state index is 0.407. The van der Waals surface area contributed by atoms with E-state index in [2.05, 4.69) is 47.3 Å². The van der Waals surface area contributed by atoms with Crippen LogP contribution >= 0.6 is 0 Å². The summed E-state index contributed by atoms with van der Waals surface area (Å²) >= 11 is 0. The van der Waals surface area contributed by atoms with Crippen LogP contribution < -0.4 is 9.64 Å². The maximum atomic E-state index is 5.57. The number of anilines is 1. The number of rotatable bonds is 8. The van der Waals surface area contributed by atoms with E-state index in [1.165, 1.54) is 5.69 Å². The van der Waals surface area contributed by atoms with Crippen molar-refractivity contribution in [2.75, 3.05) is 44.4 Å². The minimum atomic E-state index is 0.407. The van der Waals surface area contributed by atoms with E-state index in [9.17, 15) is 0 Å². The number of ether oxygens (including phenoxy) is 2. The molecule has 5 nitrogen and oxygen atoms in total. The number of nitrogens with zero attached hydrogens (tertiary/aromatic N) is 2. The second kappa shape index (κ2) is 9.82. The van der Waals surface area contributed by atoms with Crippen LogP contribution in [0.1, 0.15) is 18.9 Å². The fourth-order valence-electron chi connectivity index (χ4n) is 2.79. The molecule has 1 fully saturated rings. The molecule has 2 aromatic rings. The third kappa shape index (κ3) is 5.23. The van der Waals surface area contributed by atoms with Gasteiger partial charge in [-0.05, 0) is 42.3 Å². The lowest BCUT2D eigenvalue weighted by Crippen LogP contribution is -2.36. The molecule has 0 atom stereocenters. The number of hydrogen-bond acceptors (Lipinski definition) is 5. The molecule has 1 aliphatic heterocycles. The summed E-state index contributed by atoms with van der Waals surface area (Å²) < 4.78 is 11.0. The van der Waals surface area contributed by atoms with E-state index in [1.54, 1.807) is 6.07 Å². The third-order valence-corrected chi connectivity index (χ3v) is 4.21. The van der Waals surface area contributed by atoms with Crippen LogP contribution in [-0.4, -0.2) is 45.2 Å². The van der Waals surface area contributed by atoms with Crippen LogP contribution in [0.2, 0.25) is 0 Å². The molecule has 137 valence electrons.